The molecule has 3 aliphatic rings. The van der Waals surface area contributed by atoms with Gasteiger partial charge in [-0.25, -0.2) is 4.90 Å². The van der Waals surface area contributed by atoms with E-state index in [0.717, 1.165) is 11.3 Å². The fourth-order valence-corrected chi connectivity index (χ4v) is 4.54. The number of H-pyrrole nitrogens is 2. The Morgan fingerprint density at radius 1 is 0.875 bits per heavy atom. The van der Waals surface area contributed by atoms with Crippen LogP contribution in [-0.4, -0.2) is 22.0 Å². The summed E-state index contributed by atoms with van der Waals surface area (Å²) in [6.07, 6.45) is 4.87. The summed E-state index contributed by atoms with van der Waals surface area (Å²) in [5.41, 5.74) is -0.796. The average Bonchev–Trinajstić information content (AvgIpc) is 3.25. The second-order valence-corrected chi connectivity index (χ2v) is 6.62. The van der Waals surface area contributed by atoms with Crippen molar-refractivity contribution in [1.82, 2.24) is 10.2 Å². The third kappa shape index (κ3) is 1.46. The predicted molar refractivity (Wildman–Crippen MR) is 85.4 cm³/mol. The average molecular weight is 323 g/mol. The van der Waals surface area contributed by atoms with E-state index in [0.29, 0.717) is 0 Å². The van der Waals surface area contributed by atoms with Gasteiger partial charge in [0.25, 0.3) is 11.1 Å². The zero-order valence-electron chi connectivity index (χ0n) is 12.5. The molecule has 7 nitrogen and oxygen atoms in total. The number of hydrogen-bond acceptors (Lipinski definition) is 4. The number of rotatable bonds is 1. The Labute approximate surface area is 135 Å². The normalized spacial score (nSPS) is 30.6. The van der Waals surface area contributed by atoms with Crippen molar-refractivity contribution < 1.29 is 9.59 Å². The summed E-state index contributed by atoms with van der Waals surface area (Å²) in [5.74, 6) is -1.04. The van der Waals surface area contributed by atoms with Gasteiger partial charge in [0.15, 0.2) is 0 Å². The molecule has 2 aliphatic carbocycles. The number of allylic oxidation sites excluding steroid dienone is 2. The third-order valence-electron chi connectivity index (χ3n) is 5.51. The number of aromatic amines is 2. The molecule has 2 N–H and O–H groups in total. The van der Waals surface area contributed by atoms with Gasteiger partial charge in [-0.05, 0) is 30.4 Å². The van der Waals surface area contributed by atoms with Crippen LogP contribution in [0.2, 0.25) is 0 Å². The molecule has 1 saturated heterocycles. The fourth-order valence-electron chi connectivity index (χ4n) is 4.54. The number of hydrogen-bond donors (Lipinski definition) is 2. The maximum atomic E-state index is 12.9. The van der Waals surface area contributed by atoms with E-state index in [-0.39, 0.29) is 51.9 Å². The molecule has 1 saturated carbocycles. The minimum atomic E-state index is -0.529. The smallest absolute Gasteiger partial charge is 0.272 e. The van der Waals surface area contributed by atoms with Crippen LogP contribution < -0.4 is 16.0 Å². The molecule has 2 amide bonds. The Hall–Kier alpha value is -2.96. The molecule has 4 atom stereocenters. The highest BCUT2D eigenvalue weighted by Gasteiger charge is 2.59. The summed E-state index contributed by atoms with van der Waals surface area (Å²) in [7, 11) is 0. The van der Waals surface area contributed by atoms with Gasteiger partial charge in [-0.3, -0.25) is 29.4 Å². The van der Waals surface area contributed by atoms with Gasteiger partial charge in [-0.1, -0.05) is 18.2 Å². The molecule has 1 aromatic heterocycles. The van der Waals surface area contributed by atoms with E-state index in [9.17, 15) is 19.2 Å². The van der Waals surface area contributed by atoms with Gasteiger partial charge >= 0.3 is 0 Å². The lowest BCUT2D eigenvalue weighted by molar-refractivity contribution is -0.123. The van der Waals surface area contributed by atoms with Gasteiger partial charge in [0, 0.05) is 0 Å². The number of aromatic nitrogens is 2. The van der Waals surface area contributed by atoms with Crippen LogP contribution in [0.5, 0.6) is 0 Å². The van der Waals surface area contributed by atoms with E-state index in [4.69, 9.17) is 0 Å². The molecule has 5 rings (SSSR count). The minimum absolute atomic E-state index is 0.0724. The van der Waals surface area contributed by atoms with Gasteiger partial charge in [0.2, 0.25) is 11.8 Å². The summed E-state index contributed by atoms with van der Waals surface area (Å²) in [5, 5.41) is 4.75. The molecular formula is C17H13N3O4. The van der Waals surface area contributed by atoms with Gasteiger partial charge in [0.05, 0.1) is 28.3 Å². The number of carbonyl (C=O) groups is 2. The molecular weight excluding hydrogens is 310 g/mol. The number of carbonyl (C=O) groups excluding carboxylic acids is 2. The van der Waals surface area contributed by atoms with E-state index in [1.54, 1.807) is 12.1 Å². The van der Waals surface area contributed by atoms with Crippen LogP contribution in [0.25, 0.3) is 10.8 Å². The quantitative estimate of drug-likeness (QED) is 0.590. The molecule has 2 aromatic rings. The number of amides is 2. The largest absolute Gasteiger partial charge is 0.274 e. The molecule has 2 bridgehead atoms. The van der Waals surface area contributed by atoms with Crippen molar-refractivity contribution in [3.63, 3.8) is 0 Å². The van der Waals surface area contributed by atoms with Crippen molar-refractivity contribution in [2.24, 2.45) is 23.7 Å². The number of nitrogens with one attached hydrogen (secondary N) is 2. The highest BCUT2D eigenvalue weighted by molar-refractivity contribution is 6.25. The lowest BCUT2D eigenvalue weighted by atomic mass is 9.85. The standard InChI is InChI=1S/C17H13N3O4/c21-14-9-2-1-3-10(13(9)15(22)19-18-14)20-16(23)11-7-4-5-8(6-7)12(11)17(20)24/h1-5,7-8,11-12H,6H2,(H,18,21)(H,19,22)/t7-,8+,11-,12+. The van der Waals surface area contributed by atoms with Crippen molar-refractivity contribution in [2.75, 3.05) is 4.90 Å². The first kappa shape index (κ1) is 13.5. The zero-order valence-corrected chi connectivity index (χ0v) is 12.5. The van der Waals surface area contributed by atoms with E-state index >= 15 is 0 Å². The molecule has 24 heavy (non-hydrogen) atoms. The second-order valence-electron chi connectivity index (χ2n) is 6.62. The van der Waals surface area contributed by atoms with Crippen molar-refractivity contribution in [2.45, 2.75) is 6.42 Å². The first-order chi connectivity index (χ1) is 11.6. The van der Waals surface area contributed by atoms with Gasteiger partial charge in [-0.15, -0.1) is 0 Å². The maximum Gasteiger partial charge on any atom is 0.272 e. The van der Waals surface area contributed by atoms with E-state index in [2.05, 4.69) is 10.2 Å². The molecule has 0 unspecified atom stereocenters. The summed E-state index contributed by atoms with van der Waals surface area (Å²) < 4.78 is 0. The maximum absolute atomic E-state index is 12.9. The Morgan fingerprint density at radius 3 is 2.17 bits per heavy atom. The molecule has 1 aliphatic heterocycles. The van der Waals surface area contributed by atoms with E-state index in [1.807, 2.05) is 12.2 Å². The number of nitrogens with zero attached hydrogens (tertiary/aromatic N) is 1. The SMILES string of the molecule is O=C1[C@@H]2[C@H](C(=O)N1c1cccc3c(=O)[nH][nH]c(=O)c13)[C@@H]1C=C[C@H]2C1. The summed E-state index contributed by atoms with van der Waals surface area (Å²) in [6, 6.07) is 4.63. The molecule has 0 spiro atoms. The number of imide groups is 1. The van der Waals surface area contributed by atoms with Crippen molar-refractivity contribution in [1.29, 1.82) is 0 Å². The first-order valence-corrected chi connectivity index (χ1v) is 7.88. The lowest BCUT2D eigenvalue weighted by Gasteiger charge is -2.18. The van der Waals surface area contributed by atoms with E-state index in [1.165, 1.54) is 6.07 Å². The molecule has 0 radical (unpaired) electrons. The van der Waals surface area contributed by atoms with Crippen molar-refractivity contribution in [3.05, 3.63) is 51.1 Å². The fraction of sp³-hybridized carbons (Fsp3) is 0.294. The number of anilines is 1. The summed E-state index contributed by atoms with van der Waals surface area (Å²) >= 11 is 0. The second kappa shape index (κ2) is 4.31. The van der Waals surface area contributed by atoms with Crippen LogP contribution in [0.1, 0.15) is 6.42 Å². The first-order valence-electron chi connectivity index (χ1n) is 7.88. The lowest BCUT2D eigenvalue weighted by Crippen LogP contribution is -2.34. The molecule has 1 aromatic carbocycles. The summed E-state index contributed by atoms with van der Waals surface area (Å²) in [6.45, 7) is 0. The molecule has 2 fully saturated rings. The highest BCUT2D eigenvalue weighted by Crippen LogP contribution is 2.53. The molecule has 120 valence electrons. The summed E-state index contributed by atoms with van der Waals surface area (Å²) in [4.78, 5) is 51.1. The Bertz CT molecular complexity index is 1030. The Kier molecular flexibility index (Phi) is 2.42. The van der Waals surface area contributed by atoms with Crippen LogP contribution in [0.15, 0.2) is 39.9 Å². The number of benzene rings is 1. The van der Waals surface area contributed by atoms with E-state index < -0.39 is 11.1 Å². The van der Waals surface area contributed by atoms with Gasteiger partial charge < -0.3 is 0 Å². The van der Waals surface area contributed by atoms with Gasteiger partial charge in [0.1, 0.15) is 0 Å². The van der Waals surface area contributed by atoms with Crippen molar-refractivity contribution in [3.8, 4) is 0 Å². The van der Waals surface area contributed by atoms with Crippen molar-refractivity contribution >= 4 is 28.3 Å². The van der Waals surface area contributed by atoms with Crippen LogP contribution >= 0.6 is 0 Å². The highest BCUT2D eigenvalue weighted by atomic mass is 16.2. The Balaban J connectivity index is 1.74. The van der Waals surface area contributed by atoms with Crippen LogP contribution in [0, 0.1) is 23.7 Å². The van der Waals surface area contributed by atoms with Crippen LogP contribution in [0.3, 0.4) is 0 Å². The monoisotopic (exact) mass is 323 g/mol. The molecule has 2 heterocycles. The topological polar surface area (TPSA) is 103 Å². The van der Waals surface area contributed by atoms with Crippen LogP contribution in [0.4, 0.5) is 5.69 Å². The minimum Gasteiger partial charge on any atom is -0.274 e. The van der Waals surface area contributed by atoms with Gasteiger partial charge in [-0.2, -0.15) is 0 Å². The third-order valence-corrected chi connectivity index (χ3v) is 5.51. The predicted octanol–water partition coefficient (Wildman–Crippen LogP) is 0.528. The van der Waals surface area contributed by atoms with Crippen LogP contribution in [-0.2, 0) is 9.59 Å². The molecule has 7 heteroatoms. The Morgan fingerprint density at radius 2 is 1.50 bits per heavy atom. The zero-order chi connectivity index (χ0) is 16.6. The number of fused-ring (bicyclic) bond motifs is 6.